The fraction of sp³-hybridized carbons (Fsp3) is 0.941. The number of hydrogen-bond acceptors (Lipinski definition) is 3. The van der Waals surface area contributed by atoms with E-state index in [1.54, 1.807) is 0 Å². The molecule has 21 heavy (non-hydrogen) atoms. The maximum atomic E-state index is 12.7. The summed E-state index contributed by atoms with van der Waals surface area (Å²) in [6.07, 6.45) is 11.6. The van der Waals surface area contributed by atoms with Gasteiger partial charge in [0.25, 0.3) is 0 Å². The molecule has 0 aromatic heterocycles. The molecular formula is C17H30N2O2. The lowest BCUT2D eigenvalue weighted by atomic mass is 9.93. The maximum Gasteiger partial charge on any atom is 0.222 e. The first-order valence-corrected chi connectivity index (χ1v) is 8.99. The van der Waals surface area contributed by atoms with Crippen LogP contribution in [0.5, 0.6) is 0 Å². The Kier molecular flexibility index (Phi) is 5.53. The van der Waals surface area contributed by atoms with Crippen molar-refractivity contribution in [3.63, 3.8) is 0 Å². The fourth-order valence-corrected chi connectivity index (χ4v) is 4.19. The molecule has 0 saturated carbocycles. The van der Waals surface area contributed by atoms with Crippen molar-refractivity contribution in [2.45, 2.75) is 82.4 Å². The zero-order valence-corrected chi connectivity index (χ0v) is 13.2. The topological polar surface area (TPSA) is 41.6 Å². The zero-order chi connectivity index (χ0) is 14.5. The lowest BCUT2D eigenvalue weighted by Gasteiger charge is -2.39. The second-order valence-corrected chi connectivity index (χ2v) is 6.88. The zero-order valence-electron chi connectivity index (χ0n) is 13.2. The average molecular weight is 294 g/mol. The maximum absolute atomic E-state index is 12.7. The minimum Gasteiger partial charge on any atom is -0.378 e. The molecule has 3 fully saturated rings. The van der Waals surface area contributed by atoms with Crippen LogP contribution in [0.15, 0.2) is 0 Å². The summed E-state index contributed by atoms with van der Waals surface area (Å²) in [7, 11) is 0. The Labute approximate surface area is 128 Å². The molecule has 4 nitrogen and oxygen atoms in total. The molecule has 0 aromatic carbocycles. The number of amides is 1. The fourth-order valence-electron chi connectivity index (χ4n) is 4.19. The summed E-state index contributed by atoms with van der Waals surface area (Å²) < 4.78 is 5.76. The molecule has 3 atom stereocenters. The van der Waals surface area contributed by atoms with E-state index in [9.17, 15) is 4.79 Å². The van der Waals surface area contributed by atoms with Gasteiger partial charge < -0.3 is 15.0 Å². The van der Waals surface area contributed by atoms with Gasteiger partial charge in [-0.2, -0.15) is 0 Å². The Morgan fingerprint density at radius 3 is 2.76 bits per heavy atom. The minimum absolute atomic E-state index is 0.329. The van der Waals surface area contributed by atoms with E-state index in [0.29, 0.717) is 30.5 Å². The van der Waals surface area contributed by atoms with Gasteiger partial charge in [0.15, 0.2) is 0 Å². The monoisotopic (exact) mass is 294 g/mol. The quantitative estimate of drug-likeness (QED) is 0.866. The molecule has 3 saturated heterocycles. The van der Waals surface area contributed by atoms with Crippen molar-refractivity contribution in [3.05, 3.63) is 0 Å². The molecule has 1 amide bonds. The highest BCUT2D eigenvalue weighted by Crippen LogP contribution is 2.26. The van der Waals surface area contributed by atoms with E-state index in [2.05, 4.69) is 10.2 Å². The van der Waals surface area contributed by atoms with Gasteiger partial charge in [0.2, 0.25) is 5.91 Å². The summed E-state index contributed by atoms with van der Waals surface area (Å²) in [5.41, 5.74) is 0. The van der Waals surface area contributed by atoms with Crippen molar-refractivity contribution in [2.75, 3.05) is 19.7 Å². The smallest absolute Gasteiger partial charge is 0.222 e. The van der Waals surface area contributed by atoms with Gasteiger partial charge >= 0.3 is 0 Å². The van der Waals surface area contributed by atoms with E-state index in [1.807, 2.05) is 0 Å². The van der Waals surface area contributed by atoms with E-state index in [1.165, 1.54) is 44.9 Å². The minimum atomic E-state index is 0.329. The number of piperidine rings is 1. The van der Waals surface area contributed by atoms with Gasteiger partial charge in [0, 0.05) is 31.7 Å². The van der Waals surface area contributed by atoms with Crippen molar-refractivity contribution in [3.8, 4) is 0 Å². The standard InChI is InChI=1S/C17H30N2O2/c20-17(10-9-14-6-2-4-13-21-14)19-12-3-1-8-16(19)15-7-5-11-18-15/h14-16,18H,1-13H2. The largest absolute Gasteiger partial charge is 0.378 e. The average Bonchev–Trinajstić information content (AvgIpc) is 3.08. The molecular weight excluding hydrogens is 264 g/mol. The third kappa shape index (κ3) is 3.98. The SMILES string of the molecule is O=C(CCC1CCCCO1)N1CCCCC1C1CCCN1. The third-order valence-corrected chi connectivity index (χ3v) is 5.39. The third-order valence-electron chi connectivity index (χ3n) is 5.39. The molecule has 3 aliphatic rings. The number of nitrogens with zero attached hydrogens (tertiary/aromatic N) is 1. The van der Waals surface area contributed by atoms with E-state index in [4.69, 9.17) is 4.74 Å². The number of rotatable bonds is 4. The van der Waals surface area contributed by atoms with Crippen LogP contribution >= 0.6 is 0 Å². The molecule has 3 heterocycles. The van der Waals surface area contributed by atoms with E-state index < -0.39 is 0 Å². The highest BCUT2D eigenvalue weighted by molar-refractivity contribution is 5.76. The van der Waals surface area contributed by atoms with Gasteiger partial charge in [-0.05, 0) is 64.3 Å². The van der Waals surface area contributed by atoms with Gasteiger partial charge in [0.1, 0.15) is 0 Å². The first-order valence-electron chi connectivity index (χ1n) is 8.99. The van der Waals surface area contributed by atoms with Crippen molar-refractivity contribution in [1.82, 2.24) is 10.2 Å². The van der Waals surface area contributed by atoms with Crippen LogP contribution in [-0.4, -0.2) is 48.7 Å². The Hall–Kier alpha value is -0.610. The first-order chi connectivity index (χ1) is 10.3. The van der Waals surface area contributed by atoms with Crippen LogP contribution in [0.4, 0.5) is 0 Å². The van der Waals surface area contributed by atoms with Gasteiger partial charge in [0.05, 0.1) is 6.10 Å². The second kappa shape index (κ2) is 7.59. The van der Waals surface area contributed by atoms with Crippen LogP contribution in [0.2, 0.25) is 0 Å². The van der Waals surface area contributed by atoms with Gasteiger partial charge in [-0.25, -0.2) is 0 Å². The van der Waals surface area contributed by atoms with Gasteiger partial charge in [-0.3, -0.25) is 4.79 Å². The van der Waals surface area contributed by atoms with Crippen LogP contribution in [0.3, 0.4) is 0 Å². The van der Waals surface area contributed by atoms with Gasteiger partial charge in [-0.1, -0.05) is 0 Å². The summed E-state index contributed by atoms with van der Waals surface area (Å²) in [6, 6.07) is 0.987. The first kappa shape index (κ1) is 15.3. The predicted molar refractivity (Wildman–Crippen MR) is 83.2 cm³/mol. The number of nitrogens with one attached hydrogen (secondary N) is 1. The molecule has 0 radical (unpaired) electrons. The summed E-state index contributed by atoms with van der Waals surface area (Å²) in [6.45, 7) is 2.98. The van der Waals surface area contributed by atoms with Crippen molar-refractivity contribution < 1.29 is 9.53 Å². The van der Waals surface area contributed by atoms with Crippen LogP contribution in [-0.2, 0) is 9.53 Å². The highest BCUT2D eigenvalue weighted by Gasteiger charge is 2.34. The molecule has 120 valence electrons. The lowest BCUT2D eigenvalue weighted by molar-refractivity contribution is -0.136. The molecule has 3 rings (SSSR count). The number of ether oxygens (including phenoxy) is 1. The van der Waals surface area contributed by atoms with Crippen LogP contribution < -0.4 is 5.32 Å². The normalized spacial score (nSPS) is 34.1. The summed E-state index contributed by atoms with van der Waals surface area (Å²) in [5.74, 6) is 0.363. The molecule has 0 bridgehead atoms. The van der Waals surface area contributed by atoms with E-state index in [0.717, 1.165) is 32.5 Å². The van der Waals surface area contributed by atoms with Crippen molar-refractivity contribution >= 4 is 5.91 Å². The number of carbonyl (C=O) groups is 1. The Balaban J connectivity index is 1.50. The molecule has 3 aliphatic heterocycles. The molecule has 3 unspecified atom stereocenters. The molecule has 1 N–H and O–H groups in total. The summed E-state index contributed by atoms with van der Waals surface area (Å²) in [5, 5.41) is 3.60. The second-order valence-electron chi connectivity index (χ2n) is 6.88. The highest BCUT2D eigenvalue weighted by atomic mass is 16.5. The predicted octanol–water partition coefficient (Wildman–Crippen LogP) is 2.47. The van der Waals surface area contributed by atoms with Crippen molar-refractivity contribution in [1.29, 1.82) is 0 Å². The number of hydrogen-bond donors (Lipinski definition) is 1. The molecule has 0 aromatic rings. The van der Waals surface area contributed by atoms with E-state index >= 15 is 0 Å². The Morgan fingerprint density at radius 1 is 1.10 bits per heavy atom. The lowest BCUT2D eigenvalue weighted by Crippen LogP contribution is -2.52. The molecule has 4 heteroatoms. The number of carbonyl (C=O) groups excluding carboxylic acids is 1. The summed E-state index contributed by atoms with van der Waals surface area (Å²) in [4.78, 5) is 14.8. The summed E-state index contributed by atoms with van der Waals surface area (Å²) >= 11 is 0. The molecule has 0 aliphatic carbocycles. The van der Waals surface area contributed by atoms with Gasteiger partial charge in [-0.15, -0.1) is 0 Å². The van der Waals surface area contributed by atoms with Crippen LogP contribution in [0.1, 0.15) is 64.2 Å². The van der Waals surface area contributed by atoms with E-state index in [-0.39, 0.29) is 0 Å². The molecule has 0 spiro atoms. The van der Waals surface area contributed by atoms with Crippen LogP contribution in [0, 0.1) is 0 Å². The number of likely N-dealkylation sites (tertiary alicyclic amines) is 1. The Morgan fingerprint density at radius 2 is 2.00 bits per heavy atom. The van der Waals surface area contributed by atoms with Crippen molar-refractivity contribution in [2.24, 2.45) is 0 Å². The Bertz CT molecular complexity index is 336. The van der Waals surface area contributed by atoms with Crippen LogP contribution in [0.25, 0.3) is 0 Å².